The van der Waals surface area contributed by atoms with Crippen LogP contribution in [0.3, 0.4) is 0 Å². The SMILES string of the molecule is COc1cc(C(NN)c2cccc(F)c2Cl)ccc1Cl. The van der Waals surface area contributed by atoms with Crippen molar-refractivity contribution in [3.05, 3.63) is 63.4 Å². The maximum Gasteiger partial charge on any atom is 0.142 e. The molecule has 0 aliphatic rings. The number of hydrogen-bond acceptors (Lipinski definition) is 3. The summed E-state index contributed by atoms with van der Waals surface area (Å²) in [7, 11) is 1.52. The van der Waals surface area contributed by atoms with E-state index < -0.39 is 11.9 Å². The van der Waals surface area contributed by atoms with Gasteiger partial charge in [-0.25, -0.2) is 9.82 Å². The molecular formula is C14H13Cl2FN2O. The van der Waals surface area contributed by atoms with E-state index in [1.165, 1.54) is 13.2 Å². The fraction of sp³-hybridized carbons (Fsp3) is 0.143. The third kappa shape index (κ3) is 2.88. The minimum absolute atomic E-state index is 0.0318. The third-order valence-electron chi connectivity index (χ3n) is 2.97. The van der Waals surface area contributed by atoms with Crippen LogP contribution in [0.5, 0.6) is 5.75 Å². The quantitative estimate of drug-likeness (QED) is 0.668. The molecule has 1 atom stereocenters. The molecule has 1 unspecified atom stereocenters. The van der Waals surface area contributed by atoms with Gasteiger partial charge in [-0.1, -0.05) is 41.4 Å². The lowest BCUT2D eigenvalue weighted by molar-refractivity contribution is 0.414. The Hall–Kier alpha value is -1.33. The Bertz CT molecular complexity index is 622. The van der Waals surface area contributed by atoms with Crippen molar-refractivity contribution in [3.63, 3.8) is 0 Å². The lowest BCUT2D eigenvalue weighted by atomic mass is 9.99. The zero-order valence-corrected chi connectivity index (χ0v) is 12.2. The largest absolute Gasteiger partial charge is 0.495 e. The molecule has 2 rings (SSSR count). The molecule has 0 spiro atoms. The van der Waals surface area contributed by atoms with Crippen LogP contribution >= 0.6 is 23.2 Å². The second-order valence-electron chi connectivity index (χ2n) is 4.14. The predicted octanol–water partition coefficient (Wildman–Crippen LogP) is 3.69. The monoisotopic (exact) mass is 314 g/mol. The first-order valence-electron chi connectivity index (χ1n) is 5.82. The molecule has 3 nitrogen and oxygen atoms in total. The van der Waals surface area contributed by atoms with Crippen molar-refractivity contribution in [1.82, 2.24) is 5.43 Å². The van der Waals surface area contributed by atoms with Crippen LogP contribution in [0.4, 0.5) is 4.39 Å². The molecule has 0 fully saturated rings. The van der Waals surface area contributed by atoms with Gasteiger partial charge in [-0.3, -0.25) is 5.84 Å². The highest BCUT2D eigenvalue weighted by molar-refractivity contribution is 6.32. The molecule has 6 heteroatoms. The highest BCUT2D eigenvalue weighted by Crippen LogP contribution is 2.33. The van der Waals surface area contributed by atoms with E-state index >= 15 is 0 Å². The molecule has 0 saturated carbocycles. The van der Waals surface area contributed by atoms with Gasteiger partial charge in [-0.05, 0) is 29.3 Å². The molecule has 2 aromatic rings. The summed E-state index contributed by atoms with van der Waals surface area (Å²) < 4.78 is 18.7. The van der Waals surface area contributed by atoms with Crippen LogP contribution < -0.4 is 16.0 Å². The fourth-order valence-electron chi connectivity index (χ4n) is 1.96. The van der Waals surface area contributed by atoms with Crippen LogP contribution in [0.15, 0.2) is 36.4 Å². The zero-order valence-electron chi connectivity index (χ0n) is 10.7. The van der Waals surface area contributed by atoms with Crippen molar-refractivity contribution >= 4 is 23.2 Å². The van der Waals surface area contributed by atoms with Gasteiger partial charge in [0.15, 0.2) is 0 Å². The minimum atomic E-state index is -0.495. The molecule has 2 aromatic carbocycles. The highest BCUT2D eigenvalue weighted by atomic mass is 35.5. The van der Waals surface area contributed by atoms with Gasteiger partial charge in [0, 0.05) is 0 Å². The molecule has 0 saturated heterocycles. The maximum atomic E-state index is 13.6. The Morgan fingerprint density at radius 3 is 2.65 bits per heavy atom. The van der Waals surface area contributed by atoms with Crippen molar-refractivity contribution in [3.8, 4) is 5.75 Å². The topological polar surface area (TPSA) is 47.3 Å². The molecule has 0 aliphatic heterocycles. The Morgan fingerprint density at radius 1 is 1.25 bits per heavy atom. The first kappa shape index (κ1) is 15.1. The van der Waals surface area contributed by atoms with Gasteiger partial charge in [0.05, 0.1) is 23.2 Å². The van der Waals surface area contributed by atoms with Crippen molar-refractivity contribution in [2.24, 2.45) is 5.84 Å². The summed E-state index contributed by atoms with van der Waals surface area (Å²) in [6, 6.07) is 9.30. The number of hydrogen-bond donors (Lipinski definition) is 2. The molecular weight excluding hydrogens is 302 g/mol. The average molecular weight is 315 g/mol. The van der Waals surface area contributed by atoms with E-state index in [1.807, 2.05) is 0 Å². The first-order chi connectivity index (χ1) is 9.58. The van der Waals surface area contributed by atoms with Crippen LogP contribution in [0.25, 0.3) is 0 Å². The molecule has 0 bridgehead atoms. The van der Waals surface area contributed by atoms with Gasteiger partial charge < -0.3 is 4.74 Å². The number of benzene rings is 2. The zero-order chi connectivity index (χ0) is 14.7. The standard InChI is InChI=1S/C14H13Cl2FN2O/c1-20-12-7-8(5-6-10(12)15)14(19-18)9-3-2-4-11(17)13(9)16/h2-7,14,19H,18H2,1H3. The van der Waals surface area contributed by atoms with Gasteiger partial charge >= 0.3 is 0 Å². The molecule has 3 N–H and O–H groups in total. The minimum Gasteiger partial charge on any atom is -0.495 e. The lowest BCUT2D eigenvalue weighted by Crippen LogP contribution is -2.29. The van der Waals surface area contributed by atoms with Crippen LogP contribution in [-0.2, 0) is 0 Å². The molecule has 0 aromatic heterocycles. The Labute approximate surface area is 126 Å². The average Bonchev–Trinajstić information content (AvgIpc) is 2.45. The van der Waals surface area contributed by atoms with Crippen LogP contribution in [0, 0.1) is 5.82 Å². The van der Waals surface area contributed by atoms with Crippen LogP contribution in [0.2, 0.25) is 10.0 Å². The van der Waals surface area contributed by atoms with E-state index in [0.29, 0.717) is 16.3 Å². The smallest absolute Gasteiger partial charge is 0.142 e. The molecule has 106 valence electrons. The summed E-state index contributed by atoms with van der Waals surface area (Å²) in [4.78, 5) is 0. The van der Waals surface area contributed by atoms with E-state index in [-0.39, 0.29) is 5.02 Å². The number of methoxy groups -OCH3 is 1. The number of nitrogens with two attached hydrogens (primary N) is 1. The summed E-state index contributed by atoms with van der Waals surface area (Å²) in [6.07, 6.45) is 0. The van der Waals surface area contributed by atoms with E-state index in [4.69, 9.17) is 33.8 Å². The summed E-state index contributed by atoms with van der Waals surface area (Å²) in [5.41, 5.74) is 3.93. The maximum absolute atomic E-state index is 13.6. The normalized spacial score (nSPS) is 12.2. The summed E-state index contributed by atoms with van der Waals surface area (Å²) in [6.45, 7) is 0. The molecule has 20 heavy (non-hydrogen) atoms. The number of nitrogens with one attached hydrogen (secondary N) is 1. The van der Waals surface area contributed by atoms with Crippen molar-refractivity contribution < 1.29 is 9.13 Å². The first-order valence-corrected chi connectivity index (χ1v) is 6.57. The summed E-state index contributed by atoms with van der Waals surface area (Å²) in [5, 5.41) is 0.515. The fourth-order valence-corrected chi connectivity index (χ4v) is 2.39. The Morgan fingerprint density at radius 2 is 2.00 bits per heavy atom. The molecule has 0 aliphatic carbocycles. The van der Waals surface area contributed by atoms with Crippen molar-refractivity contribution in [1.29, 1.82) is 0 Å². The van der Waals surface area contributed by atoms with Gasteiger partial charge in [0.2, 0.25) is 0 Å². The van der Waals surface area contributed by atoms with Crippen LogP contribution in [-0.4, -0.2) is 7.11 Å². The number of rotatable bonds is 4. The number of ether oxygens (including phenoxy) is 1. The van der Waals surface area contributed by atoms with E-state index in [0.717, 1.165) is 5.56 Å². The van der Waals surface area contributed by atoms with E-state index in [1.54, 1.807) is 30.3 Å². The lowest BCUT2D eigenvalue weighted by Gasteiger charge is -2.19. The summed E-state index contributed by atoms with van der Waals surface area (Å²) >= 11 is 12.0. The van der Waals surface area contributed by atoms with E-state index in [9.17, 15) is 4.39 Å². The summed E-state index contributed by atoms with van der Waals surface area (Å²) in [5.74, 6) is 5.60. The molecule has 0 heterocycles. The molecule has 0 amide bonds. The third-order valence-corrected chi connectivity index (χ3v) is 3.68. The van der Waals surface area contributed by atoms with Gasteiger partial charge in [0.25, 0.3) is 0 Å². The molecule has 0 radical (unpaired) electrons. The Balaban J connectivity index is 2.49. The van der Waals surface area contributed by atoms with Crippen molar-refractivity contribution in [2.45, 2.75) is 6.04 Å². The number of hydrazine groups is 1. The highest BCUT2D eigenvalue weighted by Gasteiger charge is 2.18. The van der Waals surface area contributed by atoms with Gasteiger partial charge in [-0.15, -0.1) is 0 Å². The second-order valence-corrected chi connectivity index (χ2v) is 4.92. The van der Waals surface area contributed by atoms with Crippen LogP contribution in [0.1, 0.15) is 17.2 Å². The Kier molecular flexibility index (Phi) is 4.83. The van der Waals surface area contributed by atoms with Crippen molar-refractivity contribution in [2.75, 3.05) is 7.11 Å². The predicted molar refractivity (Wildman–Crippen MR) is 78.6 cm³/mol. The van der Waals surface area contributed by atoms with Gasteiger partial charge in [0.1, 0.15) is 11.6 Å². The van der Waals surface area contributed by atoms with E-state index in [2.05, 4.69) is 5.43 Å². The number of halogens is 3. The second kappa shape index (κ2) is 6.41. The van der Waals surface area contributed by atoms with Gasteiger partial charge in [-0.2, -0.15) is 0 Å².